The minimum absolute atomic E-state index is 0.0544. The Morgan fingerprint density at radius 2 is 2.31 bits per heavy atom. The van der Waals surface area contributed by atoms with Gasteiger partial charge in [0, 0.05) is 0 Å². The molecule has 0 aliphatic heterocycles. The molecule has 0 radical (unpaired) electrons. The van der Waals surface area contributed by atoms with Crippen LogP contribution in [-0.2, 0) is 0 Å². The lowest BCUT2D eigenvalue weighted by atomic mass is 9.98. The van der Waals surface area contributed by atoms with E-state index in [1.165, 1.54) is 12.8 Å². The fraction of sp³-hybridized carbons (Fsp3) is 0.600. The summed E-state index contributed by atoms with van der Waals surface area (Å²) in [4.78, 5) is 0. The van der Waals surface area contributed by atoms with Gasteiger partial charge in [0.1, 0.15) is 5.76 Å². The van der Waals surface area contributed by atoms with Gasteiger partial charge in [-0.3, -0.25) is 0 Å². The summed E-state index contributed by atoms with van der Waals surface area (Å²) in [6, 6.07) is 3.89. The number of hydrogen-bond donors (Lipinski definition) is 1. The summed E-state index contributed by atoms with van der Waals surface area (Å²) in [7, 11) is 0. The lowest BCUT2D eigenvalue weighted by Crippen LogP contribution is -2.13. The smallest absolute Gasteiger partial charge is 0.169 e. The second-order valence-corrected chi connectivity index (χ2v) is 5.04. The first-order chi connectivity index (χ1) is 6.09. The van der Waals surface area contributed by atoms with Gasteiger partial charge in [0.15, 0.2) is 4.67 Å². The Balaban J connectivity index is 2.00. The molecular formula is C10H14BrNO. The van der Waals surface area contributed by atoms with Gasteiger partial charge in [0.05, 0.1) is 6.04 Å². The third kappa shape index (κ3) is 2.15. The molecular weight excluding hydrogens is 230 g/mol. The van der Waals surface area contributed by atoms with Crippen molar-refractivity contribution in [2.75, 3.05) is 0 Å². The summed E-state index contributed by atoms with van der Waals surface area (Å²) < 4.78 is 6.17. The van der Waals surface area contributed by atoms with Crippen LogP contribution in [0, 0.1) is 5.41 Å². The molecule has 2 rings (SSSR count). The second-order valence-electron chi connectivity index (χ2n) is 4.26. The third-order valence-electron chi connectivity index (χ3n) is 2.78. The zero-order valence-corrected chi connectivity index (χ0v) is 9.30. The molecule has 1 unspecified atom stereocenters. The van der Waals surface area contributed by atoms with Crippen molar-refractivity contribution in [1.29, 1.82) is 0 Å². The van der Waals surface area contributed by atoms with Gasteiger partial charge in [-0.1, -0.05) is 6.92 Å². The van der Waals surface area contributed by atoms with Crippen LogP contribution in [0.25, 0.3) is 0 Å². The van der Waals surface area contributed by atoms with Crippen molar-refractivity contribution in [1.82, 2.24) is 0 Å². The van der Waals surface area contributed by atoms with E-state index in [4.69, 9.17) is 10.2 Å². The maximum absolute atomic E-state index is 6.02. The molecule has 2 nitrogen and oxygen atoms in total. The normalized spacial score (nSPS) is 21.5. The average molecular weight is 244 g/mol. The van der Waals surface area contributed by atoms with Crippen LogP contribution in [0.5, 0.6) is 0 Å². The largest absolute Gasteiger partial charge is 0.453 e. The standard InChI is InChI=1S/C10H14BrNO/c1-10(4-5-10)6-7(12)8-2-3-9(11)13-8/h2-3,7H,4-6,12H2,1H3. The molecule has 0 saturated heterocycles. The van der Waals surface area contributed by atoms with Gasteiger partial charge in [-0.2, -0.15) is 0 Å². The van der Waals surface area contributed by atoms with Crippen LogP contribution < -0.4 is 5.73 Å². The van der Waals surface area contributed by atoms with Crippen molar-refractivity contribution in [3.8, 4) is 0 Å². The van der Waals surface area contributed by atoms with Gasteiger partial charge in [0.25, 0.3) is 0 Å². The Morgan fingerprint density at radius 3 is 2.77 bits per heavy atom. The van der Waals surface area contributed by atoms with Crippen LogP contribution in [0.3, 0.4) is 0 Å². The van der Waals surface area contributed by atoms with Crippen LogP contribution in [0.15, 0.2) is 21.2 Å². The van der Waals surface area contributed by atoms with Gasteiger partial charge in [-0.05, 0) is 52.7 Å². The minimum Gasteiger partial charge on any atom is -0.453 e. The minimum atomic E-state index is 0.0544. The van der Waals surface area contributed by atoms with E-state index in [-0.39, 0.29) is 6.04 Å². The second kappa shape index (κ2) is 3.14. The fourth-order valence-corrected chi connectivity index (χ4v) is 1.90. The third-order valence-corrected chi connectivity index (χ3v) is 3.20. The highest BCUT2D eigenvalue weighted by molar-refractivity contribution is 9.10. The molecule has 0 bridgehead atoms. The van der Waals surface area contributed by atoms with E-state index in [1.54, 1.807) is 0 Å². The predicted octanol–water partition coefficient (Wildman–Crippen LogP) is 3.23. The van der Waals surface area contributed by atoms with Crippen LogP contribution in [0.2, 0.25) is 0 Å². The first-order valence-corrected chi connectivity index (χ1v) is 5.39. The summed E-state index contributed by atoms with van der Waals surface area (Å²) in [5, 5.41) is 0. The molecule has 0 spiro atoms. The zero-order valence-electron chi connectivity index (χ0n) is 7.72. The van der Waals surface area contributed by atoms with Crippen molar-refractivity contribution in [3.05, 3.63) is 22.6 Å². The Bertz CT molecular complexity index is 304. The molecule has 72 valence electrons. The lowest BCUT2D eigenvalue weighted by molar-refractivity contribution is 0.384. The van der Waals surface area contributed by atoms with Crippen LogP contribution >= 0.6 is 15.9 Å². The molecule has 0 amide bonds. The summed E-state index contributed by atoms with van der Waals surface area (Å²) >= 11 is 3.27. The quantitative estimate of drug-likeness (QED) is 0.886. The average Bonchev–Trinajstić information content (AvgIpc) is 2.62. The van der Waals surface area contributed by atoms with Gasteiger partial charge >= 0.3 is 0 Å². The Morgan fingerprint density at radius 1 is 1.62 bits per heavy atom. The van der Waals surface area contributed by atoms with E-state index in [0.29, 0.717) is 5.41 Å². The summed E-state index contributed by atoms with van der Waals surface area (Å²) in [5.41, 5.74) is 6.50. The molecule has 3 heteroatoms. The molecule has 0 aromatic carbocycles. The summed E-state index contributed by atoms with van der Waals surface area (Å²) in [6.07, 6.45) is 3.65. The lowest BCUT2D eigenvalue weighted by Gasteiger charge is -2.13. The first kappa shape index (κ1) is 9.28. The summed E-state index contributed by atoms with van der Waals surface area (Å²) in [6.45, 7) is 2.28. The number of nitrogens with two attached hydrogens (primary N) is 1. The van der Waals surface area contributed by atoms with Crippen molar-refractivity contribution >= 4 is 15.9 Å². The first-order valence-electron chi connectivity index (χ1n) is 4.60. The molecule has 1 heterocycles. The molecule has 1 fully saturated rings. The van der Waals surface area contributed by atoms with E-state index in [0.717, 1.165) is 16.9 Å². The molecule has 1 atom stereocenters. The summed E-state index contributed by atoms with van der Waals surface area (Å²) in [5.74, 6) is 0.889. The maximum atomic E-state index is 6.02. The number of furan rings is 1. The monoisotopic (exact) mass is 243 g/mol. The number of rotatable bonds is 3. The van der Waals surface area contributed by atoms with E-state index >= 15 is 0 Å². The molecule has 1 aromatic rings. The zero-order chi connectivity index (χ0) is 9.47. The van der Waals surface area contributed by atoms with E-state index in [2.05, 4.69) is 22.9 Å². The van der Waals surface area contributed by atoms with Gasteiger partial charge in [0.2, 0.25) is 0 Å². The number of hydrogen-bond acceptors (Lipinski definition) is 2. The van der Waals surface area contributed by atoms with Gasteiger partial charge < -0.3 is 10.2 Å². The molecule has 1 aliphatic rings. The van der Waals surface area contributed by atoms with Crippen molar-refractivity contribution in [3.63, 3.8) is 0 Å². The topological polar surface area (TPSA) is 39.2 Å². The van der Waals surface area contributed by atoms with E-state index < -0.39 is 0 Å². The van der Waals surface area contributed by atoms with Crippen molar-refractivity contribution in [2.45, 2.75) is 32.2 Å². The maximum Gasteiger partial charge on any atom is 0.169 e. The molecule has 2 N–H and O–H groups in total. The highest BCUT2D eigenvalue weighted by Gasteiger charge is 2.39. The van der Waals surface area contributed by atoms with Crippen LogP contribution in [-0.4, -0.2) is 0 Å². The van der Waals surface area contributed by atoms with Gasteiger partial charge in [-0.15, -0.1) is 0 Å². The van der Waals surface area contributed by atoms with Crippen molar-refractivity contribution < 1.29 is 4.42 Å². The highest BCUT2D eigenvalue weighted by Crippen LogP contribution is 2.50. The molecule has 1 aromatic heterocycles. The SMILES string of the molecule is CC1(CC(N)c2ccc(Br)o2)CC1. The molecule has 1 saturated carbocycles. The number of halogens is 1. The van der Waals surface area contributed by atoms with Gasteiger partial charge in [-0.25, -0.2) is 0 Å². The fourth-order valence-electron chi connectivity index (χ4n) is 1.58. The van der Waals surface area contributed by atoms with E-state index in [9.17, 15) is 0 Å². The highest BCUT2D eigenvalue weighted by atomic mass is 79.9. The Labute approximate surface area is 86.6 Å². The Kier molecular flexibility index (Phi) is 2.24. The predicted molar refractivity (Wildman–Crippen MR) is 55.3 cm³/mol. The van der Waals surface area contributed by atoms with Crippen molar-refractivity contribution in [2.24, 2.45) is 11.1 Å². The molecule has 13 heavy (non-hydrogen) atoms. The van der Waals surface area contributed by atoms with Crippen LogP contribution in [0.1, 0.15) is 38.0 Å². The van der Waals surface area contributed by atoms with E-state index in [1.807, 2.05) is 12.1 Å². The molecule has 1 aliphatic carbocycles. The Hall–Kier alpha value is -0.280. The van der Waals surface area contributed by atoms with Crippen LogP contribution in [0.4, 0.5) is 0 Å².